The molecule has 3 aromatic carbocycles. The molecule has 0 saturated heterocycles. The van der Waals surface area contributed by atoms with Crippen molar-refractivity contribution in [2.45, 2.75) is 12.5 Å². The molecule has 3 aromatic rings. The summed E-state index contributed by atoms with van der Waals surface area (Å²) in [6.07, 6.45) is 6.64. The van der Waals surface area contributed by atoms with E-state index in [-0.39, 0.29) is 0 Å². The molecule has 1 unspecified atom stereocenters. The molecular weight excluding hydrogens is 280 g/mol. The molecule has 1 aliphatic carbocycles. The first-order valence-electron chi connectivity index (χ1n) is 7.96. The van der Waals surface area contributed by atoms with Crippen LogP contribution in [0.2, 0.25) is 0 Å². The topological polar surface area (TPSA) is 9.23 Å². The molecule has 0 fully saturated rings. The molecule has 0 aromatic heterocycles. The summed E-state index contributed by atoms with van der Waals surface area (Å²) < 4.78 is 6.43. The lowest BCUT2D eigenvalue weighted by molar-refractivity contribution is 0.200. The van der Waals surface area contributed by atoms with Gasteiger partial charge in [-0.15, -0.1) is 0 Å². The number of hydrogen-bond donors (Lipinski definition) is 0. The standard InChI is InChI=1S/C22H16O/c1-22-13-12-16-7-3-5-9-18(16)20(22)14-19-17-8-4-2-6-15(17)10-11-21(19)23-22/h2-14H,1H3. The first-order valence-corrected chi connectivity index (χ1v) is 7.96. The fraction of sp³-hybridized carbons (Fsp3) is 0.0909. The number of rotatable bonds is 0. The van der Waals surface area contributed by atoms with Gasteiger partial charge in [-0.05, 0) is 47.0 Å². The Kier molecular flexibility index (Phi) is 2.41. The summed E-state index contributed by atoms with van der Waals surface area (Å²) in [6, 6.07) is 21.2. The predicted molar refractivity (Wildman–Crippen MR) is 96.3 cm³/mol. The van der Waals surface area contributed by atoms with E-state index in [1.807, 2.05) is 0 Å². The molecule has 2 aliphatic rings. The largest absolute Gasteiger partial charge is 0.478 e. The average Bonchev–Trinajstić information content (AvgIpc) is 2.60. The molecule has 110 valence electrons. The van der Waals surface area contributed by atoms with Crippen LogP contribution in [0, 0.1) is 0 Å². The summed E-state index contributed by atoms with van der Waals surface area (Å²) in [5.74, 6) is 0.957. The second-order valence-electron chi connectivity index (χ2n) is 6.39. The van der Waals surface area contributed by atoms with Gasteiger partial charge in [-0.3, -0.25) is 0 Å². The fourth-order valence-electron chi connectivity index (χ4n) is 3.69. The van der Waals surface area contributed by atoms with Crippen molar-refractivity contribution in [1.29, 1.82) is 0 Å². The normalized spacial score (nSPS) is 21.0. The van der Waals surface area contributed by atoms with Crippen molar-refractivity contribution < 1.29 is 4.74 Å². The Balaban J connectivity index is 1.85. The van der Waals surface area contributed by atoms with Crippen LogP contribution in [0.15, 0.2) is 66.7 Å². The van der Waals surface area contributed by atoms with Crippen LogP contribution in [-0.4, -0.2) is 5.60 Å². The lowest BCUT2D eigenvalue weighted by atomic mass is 9.79. The van der Waals surface area contributed by atoms with Crippen molar-refractivity contribution >= 4 is 28.5 Å². The van der Waals surface area contributed by atoms with E-state index in [4.69, 9.17) is 4.74 Å². The van der Waals surface area contributed by atoms with Crippen molar-refractivity contribution in [3.05, 3.63) is 83.4 Å². The summed E-state index contributed by atoms with van der Waals surface area (Å²) in [5.41, 5.74) is 4.53. The summed E-state index contributed by atoms with van der Waals surface area (Å²) in [7, 11) is 0. The number of fused-ring (bicyclic) bond motifs is 6. The van der Waals surface area contributed by atoms with Gasteiger partial charge >= 0.3 is 0 Å². The third-order valence-corrected chi connectivity index (χ3v) is 4.91. The van der Waals surface area contributed by atoms with Gasteiger partial charge in [0.1, 0.15) is 5.75 Å². The Morgan fingerprint density at radius 3 is 2.65 bits per heavy atom. The third-order valence-electron chi connectivity index (χ3n) is 4.91. The maximum Gasteiger partial charge on any atom is 0.150 e. The molecule has 1 aliphatic heterocycles. The molecule has 1 nitrogen and oxygen atoms in total. The minimum Gasteiger partial charge on any atom is -0.478 e. The van der Waals surface area contributed by atoms with Gasteiger partial charge in [-0.2, -0.15) is 0 Å². The van der Waals surface area contributed by atoms with Gasteiger partial charge < -0.3 is 4.74 Å². The first-order chi connectivity index (χ1) is 11.2. The highest BCUT2D eigenvalue weighted by Crippen LogP contribution is 2.46. The van der Waals surface area contributed by atoms with Crippen LogP contribution in [0.5, 0.6) is 5.75 Å². The highest BCUT2D eigenvalue weighted by atomic mass is 16.5. The Morgan fingerprint density at radius 2 is 1.70 bits per heavy atom. The van der Waals surface area contributed by atoms with Crippen LogP contribution >= 0.6 is 0 Å². The molecular formula is C22H16O. The lowest BCUT2D eigenvalue weighted by Crippen LogP contribution is -2.35. The molecule has 23 heavy (non-hydrogen) atoms. The van der Waals surface area contributed by atoms with E-state index in [1.165, 1.54) is 33.0 Å². The first kappa shape index (κ1) is 12.7. The second-order valence-corrected chi connectivity index (χ2v) is 6.39. The zero-order valence-corrected chi connectivity index (χ0v) is 12.9. The van der Waals surface area contributed by atoms with E-state index >= 15 is 0 Å². The van der Waals surface area contributed by atoms with Gasteiger partial charge in [0, 0.05) is 11.1 Å². The van der Waals surface area contributed by atoms with Crippen LogP contribution in [-0.2, 0) is 0 Å². The Bertz CT molecular complexity index is 1010. The number of hydrogen-bond acceptors (Lipinski definition) is 1. The van der Waals surface area contributed by atoms with Crippen LogP contribution in [0.1, 0.15) is 23.6 Å². The Morgan fingerprint density at radius 1 is 0.870 bits per heavy atom. The van der Waals surface area contributed by atoms with Crippen LogP contribution in [0.4, 0.5) is 0 Å². The van der Waals surface area contributed by atoms with Gasteiger partial charge in [0.05, 0.1) is 0 Å². The number of benzene rings is 3. The highest BCUT2D eigenvalue weighted by molar-refractivity contribution is 6.03. The molecule has 1 heteroatoms. The van der Waals surface area contributed by atoms with Gasteiger partial charge in [0.2, 0.25) is 0 Å². The van der Waals surface area contributed by atoms with E-state index in [2.05, 4.69) is 85.8 Å². The van der Waals surface area contributed by atoms with Gasteiger partial charge in [0.15, 0.2) is 5.60 Å². The summed E-state index contributed by atoms with van der Waals surface area (Å²) >= 11 is 0. The van der Waals surface area contributed by atoms with Gasteiger partial charge in [-0.25, -0.2) is 0 Å². The lowest BCUT2D eigenvalue weighted by Gasteiger charge is -2.38. The molecule has 0 spiro atoms. The zero-order valence-electron chi connectivity index (χ0n) is 12.9. The van der Waals surface area contributed by atoms with Crippen LogP contribution in [0.25, 0.3) is 28.5 Å². The summed E-state index contributed by atoms with van der Waals surface area (Å²) in [5, 5.41) is 2.49. The van der Waals surface area contributed by atoms with Crippen molar-refractivity contribution in [3.8, 4) is 5.75 Å². The van der Waals surface area contributed by atoms with Crippen molar-refractivity contribution in [2.24, 2.45) is 0 Å². The molecule has 1 heterocycles. The SMILES string of the molecule is CC12C=Cc3ccccc3C1=Cc1c(ccc3ccccc13)O2. The minimum absolute atomic E-state index is 0.399. The molecule has 0 bridgehead atoms. The maximum atomic E-state index is 6.43. The van der Waals surface area contributed by atoms with E-state index < -0.39 is 5.60 Å². The number of ether oxygens (including phenoxy) is 1. The van der Waals surface area contributed by atoms with Crippen LogP contribution in [0.3, 0.4) is 0 Å². The smallest absolute Gasteiger partial charge is 0.150 e. The van der Waals surface area contributed by atoms with E-state index in [1.54, 1.807) is 0 Å². The zero-order chi connectivity index (χ0) is 15.4. The Hall–Kier alpha value is -2.80. The van der Waals surface area contributed by atoms with Crippen LogP contribution < -0.4 is 4.74 Å². The monoisotopic (exact) mass is 296 g/mol. The predicted octanol–water partition coefficient (Wildman–Crippen LogP) is 5.56. The molecule has 0 N–H and O–H groups in total. The molecule has 1 atom stereocenters. The van der Waals surface area contributed by atoms with Crippen molar-refractivity contribution in [1.82, 2.24) is 0 Å². The van der Waals surface area contributed by atoms with Gasteiger partial charge in [0.25, 0.3) is 0 Å². The molecule has 5 rings (SSSR count). The van der Waals surface area contributed by atoms with Gasteiger partial charge in [-0.1, -0.05) is 60.7 Å². The van der Waals surface area contributed by atoms with Crippen molar-refractivity contribution in [3.63, 3.8) is 0 Å². The molecule has 0 saturated carbocycles. The minimum atomic E-state index is -0.399. The third kappa shape index (κ3) is 1.74. The average molecular weight is 296 g/mol. The van der Waals surface area contributed by atoms with E-state index in [0.29, 0.717) is 0 Å². The quantitative estimate of drug-likeness (QED) is 0.528. The maximum absolute atomic E-state index is 6.43. The molecule has 0 radical (unpaired) electrons. The summed E-state index contributed by atoms with van der Waals surface area (Å²) in [6.45, 7) is 2.14. The molecule has 0 amide bonds. The van der Waals surface area contributed by atoms with E-state index in [0.717, 1.165) is 5.75 Å². The summed E-state index contributed by atoms with van der Waals surface area (Å²) in [4.78, 5) is 0. The highest BCUT2D eigenvalue weighted by Gasteiger charge is 2.36. The fourth-order valence-corrected chi connectivity index (χ4v) is 3.69. The second kappa shape index (κ2) is 4.36. The van der Waals surface area contributed by atoms with E-state index in [9.17, 15) is 0 Å². The Labute approximate surface area is 135 Å². The van der Waals surface area contributed by atoms with Crippen molar-refractivity contribution in [2.75, 3.05) is 0 Å².